The number of phenols is 1. The van der Waals surface area contributed by atoms with Crippen LogP contribution in [0.2, 0.25) is 10.0 Å². The van der Waals surface area contributed by atoms with Gasteiger partial charge in [0.1, 0.15) is 38.4 Å². The van der Waals surface area contributed by atoms with Crippen LogP contribution in [-0.2, 0) is 33.1 Å². The third-order valence-electron chi connectivity index (χ3n) is 11.1. The fourth-order valence-electron chi connectivity index (χ4n) is 7.33. The number of aryl methyl sites for hydroxylation is 2. The molecule has 75 heavy (non-hydrogen) atoms. The molecular weight excluding hydrogens is 1170 g/mol. The third kappa shape index (κ3) is 13.7. The number of carbonyl (C=O) groups is 1. The van der Waals surface area contributed by atoms with Crippen molar-refractivity contribution in [3.63, 3.8) is 0 Å². The van der Waals surface area contributed by atoms with E-state index in [1.54, 1.807) is 111 Å². The summed E-state index contributed by atoms with van der Waals surface area (Å²) in [6.45, 7) is 3.57. The van der Waals surface area contributed by atoms with E-state index in [1.807, 2.05) is 0 Å². The molecule has 380 valence electrons. The summed E-state index contributed by atoms with van der Waals surface area (Å²) in [5.74, 6) is -1.46. The molecule has 0 heterocycles. The van der Waals surface area contributed by atoms with E-state index in [9.17, 15) is 46.1 Å². The van der Waals surface area contributed by atoms with Crippen molar-refractivity contribution in [3.05, 3.63) is 166 Å². The Morgan fingerprint density at radius 3 is 1.63 bits per heavy atom. The van der Waals surface area contributed by atoms with Gasteiger partial charge in [0.2, 0.25) is 0 Å². The van der Waals surface area contributed by atoms with Crippen LogP contribution in [-0.4, -0.2) is 106 Å². The van der Waals surface area contributed by atoms with Crippen LogP contribution in [0.15, 0.2) is 169 Å². The molecule has 18 nitrogen and oxygen atoms in total. The Balaban J connectivity index is 0.000000241. The number of hydrogen-bond acceptors (Lipinski definition) is 15. The average molecular weight is 1220 g/mol. The monoisotopic (exact) mass is 1210 g/mol. The third-order valence-corrected chi connectivity index (χ3v) is 13.9. The normalized spacial score (nSPS) is 11.9. The Kier molecular flexibility index (Phi) is 19.3. The van der Waals surface area contributed by atoms with Crippen LogP contribution in [0.5, 0.6) is 23.0 Å². The van der Waals surface area contributed by atoms with Gasteiger partial charge in [0.05, 0.1) is 41.2 Å². The summed E-state index contributed by atoms with van der Waals surface area (Å²) in [4.78, 5) is 16.1. The van der Waals surface area contributed by atoms with Gasteiger partial charge in [-0.3, -0.25) is 18.9 Å². The molecule has 0 unspecified atom stereocenters. The van der Waals surface area contributed by atoms with Crippen molar-refractivity contribution in [3.8, 4) is 23.0 Å². The molecule has 8 aromatic carbocycles. The molecule has 0 saturated heterocycles. The molecule has 1 amide bonds. The fraction of sp³-hybridized carbons (Fsp3) is 0.115. The van der Waals surface area contributed by atoms with E-state index in [1.165, 1.54) is 50.6 Å². The van der Waals surface area contributed by atoms with Gasteiger partial charge < -0.3 is 30.1 Å². The number of hydrogen-bond donors (Lipinski definition) is 4. The molecule has 0 aliphatic heterocycles. The van der Waals surface area contributed by atoms with Crippen LogP contribution in [0.4, 0.5) is 34.1 Å². The number of phenolic OH excluding ortho intramolecular Hbond substituents is 1. The standard InChI is InChI=1S/2C26H22ClN3O6S.Ba/c2*1-3-15-11-21(23(27)22(12-15)37(33,34)35)29-30-24-19-10-5-4-7-16(19)13-20(25(24)31)26(32)28-17-8-6-9-18(14-17)36-2;/h2*4-14,31H,3H2,1-2H3,(H,28,32)(H,33,34,35);/q;;+2/p-2. The molecule has 0 bridgehead atoms. The van der Waals surface area contributed by atoms with E-state index in [2.05, 4.69) is 30.8 Å². The predicted octanol–water partition coefficient (Wildman–Crippen LogP) is 11.5. The van der Waals surface area contributed by atoms with Crippen molar-refractivity contribution >= 4 is 160 Å². The van der Waals surface area contributed by atoms with Crippen molar-refractivity contribution in [2.24, 2.45) is 25.4 Å². The number of amides is 1. The van der Waals surface area contributed by atoms with Crippen LogP contribution >= 0.6 is 23.2 Å². The number of aromatic hydroxyl groups is 1. The first-order valence-electron chi connectivity index (χ1n) is 22.0. The molecule has 0 radical (unpaired) electrons. The first kappa shape index (κ1) is 57.9. The van der Waals surface area contributed by atoms with E-state index in [-0.39, 0.29) is 92.8 Å². The number of rotatable bonds is 14. The van der Waals surface area contributed by atoms with Crippen molar-refractivity contribution in [2.75, 3.05) is 19.5 Å². The van der Waals surface area contributed by atoms with Gasteiger partial charge in [0.25, 0.3) is 26.1 Å². The Labute approximate surface area is 481 Å². The van der Waals surface area contributed by atoms with Crippen molar-refractivity contribution < 1.29 is 55.5 Å². The van der Waals surface area contributed by atoms with Crippen LogP contribution in [0.3, 0.4) is 0 Å². The summed E-state index contributed by atoms with van der Waals surface area (Å²) >= 11 is 12.4. The fourth-order valence-corrected chi connectivity index (χ4v) is 9.47. The van der Waals surface area contributed by atoms with Gasteiger partial charge in [0, 0.05) is 28.6 Å². The molecule has 0 saturated carbocycles. The summed E-state index contributed by atoms with van der Waals surface area (Å²) in [6.07, 6.45) is 0.865. The number of azo groups is 2. The molecular formula is C52H42BaCl2N6O12S2. The van der Waals surface area contributed by atoms with Gasteiger partial charge in [-0.15, -0.1) is 15.3 Å². The summed E-state index contributed by atoms with van der Waals surface area (Å²) in [6, 6.07) is 35.5. The number of carbonyl (C=O) groups excluding carboxylic acids is 1. The zero-order chi connectivity index (χ0) is 53.5. The summed E-state index contributed by atoms with van der Waals surface area (Å²) in [7, 11) is -6.25. The van der Waals surface area contributed by atoms with E-state index in [4.69, 9.17) is 32.7 Å². The van der Waals surface area contributed by atoms with Gasteiger partial charge in [0.15, 0.2) is 5.75 Å². The van der Waals surface area contributed by atoms with Crippen LogP contribution in [0.1, 0.15) is 40.9 Å². The smallest absolute Gasteiger partial charge is 0.871 e. The van der Waals surface area contributed by atoms with E-state index >= 15 is 0 Å². The number of anilines is 1. The van der Waals surface area contributed by atoms with Crippen LogP contribution in [0, 0.1) is 0 Å². The first-order chi connectivity index (χ1) is 35.2. The molecule has 0 aliphatic carbocycles. The van der Waals surface area contributed by atoms with E-state index in [0.717, 1.165) is 0 Å². The second kappa shape index (κ2) is 25.0. The van der Waals surface area contributed by atoms with Crippen molar-refractivity contribution in [2.45, 2.75) is 36.5 Å². The maximum absolute atomic E-state index is 13.4. The maximum atomic E-state index is 13.4. The quantitative estimate of drug-likeness (QED) is 0.0260. The molecule has 8 aromatic rings. The summed E-state index contributed by atoms with van der Waals surface area (Å²) in [5.41, 5.74) is 1.32. The largest absolute Gasteiger partial charge is 2.00 e. The van der Waals surface area contributed by atoms with Crippen LogP contribution < -0.4 is 25.0 Å². The second-order valence-corrected chi connectivity index (χ2v) is 19.4. The average Bonchev–Trinajstić information content (AvgIpc) is 3.38. The number of fused-ring (bicyclic) bond motifs is 2. The van der Waals surface area contributed by atoms with Gasteiger partial charge in [-0.1, -0.05) is 103 Å². The number of nitrogens with one attached hydrogen (secondary N) is 1. The van der Waals surface area contributed by atoms with Gasteiger partial charge >= 0.3 is 48.9 Å². The molecule has 0 spiro atoms. The Hall–Kier alpha value is -6.41. The Morgan fingerprint density at radius 2 is 1.11 bits per heavy atom. The summed E-state index contributed by atoms with van der Waals surface area (Å²) in [5, 5.41) is 57.9. The molecule has 0 aliphatic rings. The Morgan fingerprint density at radius 1 is 0.627 bits per heavy atom. The number of methoxy groups -OCH3 is 2. The molecule has 0 atom stereocenters. The van der Waals surface area contributed by atoms with E-state index in [0.29, 0.717) is 68.4 Å². The zero-order valence-electron chi connectivity index (χ0n) is 40.1. The van der Waals surface area contributed by atoms with Gasteiger partial charge in [-0.25, -0.2) is 0 Å². The number of halogens is 2. The Bertz CT molecular complexity index is 3830. The number of ether oxygens (including phenoxy) is 2. The molecule has 4 N–H and O–H groups in total. The van der Waals surface area contributed by atoms with E-state index < -0.39 is 53.3 Å². The minimum atomic E-state index is -4.63. The molecule has 23 heteroatoms. The first-order valence-corrected chi connectivity index (χ1v) is 25.6. The zero-order valence-corrected chi connectivity index (χ0v) is 47.7. The summed E-state index contributed by atoms with van der Waals surface area (Å²) < 4.78 is 76.6. The predicted molar refractivity (Wildman–Crippen MR) is 285 cm³/mol. The second-order valence-electron chi connectivity index (χ2n) is 15.9. The van der Waals surface area contributed by atoms with Crippen LogP contribution in [0.25, 0.3) is 21.5 Å². The molecule has 8 rings (SSSR count). The maximum Gasteiger partial charge on any atom is 2.00 e. The SMILES string of the molecule is CCc1cc(N=Nc2c(O)c(C(=O)Nc3cccc(OC)c3)cc3ccccc23)c(Cl)c(S(=O)(=O)O)c1.CCc1cc(N=Nc2c([O-])c(C([O-])=Nc3cccc(OC)c3)cc3ccccc23)c(Cl)c(S(=O)(=O)O)c1.[Ba+2]. The number of nitrogens with zero attached hydrogens (tertiary/aromatic N) is 5. The van der Waals surface area contributed by atoms with Crippen molar-refractivity contribution in [1.82, 2.24) is 0 Å². The van der Waals surface area contributed by atoms with Gasteiger partial charge in [-0.05, 0) is 107 Å². The number of aliphatic imine (C=N–C) groups is 1. The van der Waals surface area contributed by atoms with Gasteiger partial charge in [-0.2, -0.15) is 21.9 Å². The van der Waals surface area contributed by atoms with Crippen molar-refractivity contribution in [1.29, 1.82) is 0 Å². The topological polar surface area (TPSA) is 284 Å². The minimum Gasteiger partial charge on any atom is -0.871 e. The molecule has 0 fully saturated rings. The molecule has 0 aromatic heterocycles. The minimum absolute atomic E-state index is 0. The number of benzene rings is 8.